The number of carbonyl (C=O) groups excluding carboxylic acids is 1. The number of aliphatic hydroxyl groups excluding tert-OH is 1. The predicted molar refractivity (Wildman–Crippen MR) is 85.9 cm³/mol. The molecule has 0 bridgehead atoms. The topological polar surface area (TPSA) is 49.3 Å². The number of amides is 1. The van der Waals surface area contributed by atoms with Gasteiger partial charge in [0.05, 0.1) is 3.79 Å². The first-order valence-corrected chi connectivity index (χ1v) is 8.94. The maximum Gasteiger partial charge on any atom is 0.220 e. The van der Waals surface area contributed by atoms with Crippen molar-refractivity contribution in [3.05, 3.63) is 20.8 Å². The summed E-state index contributed by atoms with van der Waals surface area (Å²) in [5, 5.41) is 12.5. The number of thiophene rings is 1. The number of halogens is 1. The van der Waals surface area contributed by atoms with Gasteiger partial charge in [-0.15, -0.1) is 11.3 Å². The molecule has 0 saturated heterocycles. The number of hydrogen-bond donors (Lipinski definition) is 2. The summed E-state index contributed by atoms with van der Waals surface area (Å²) in [6.07, 6.45) is 6.78. The molecule has 0 spiro atoms. The normalized spacial score (nSPS) is 22.7. The van der Waals surface area contributed by atoms with Crippen molar-refractivity contribution < 1.29 is 9.90 Å². The molecule has 5 heteroatoms. The molecule has 1 aliphatic carbocycles. The summed E-state index contributed by atoms with van der Waals surface area (Å²) in [6, 6.07) is 4.33. The zero-order chi connectivity index (χ0) is 14.4. The first-order chi connectivity index (χ1) is 9.69. The molecule has 0 radical (unpaired) electrons. The summed E-state index contributed by atoms with van der Waals surface area (Å²) in [6.45, 7) is 0.189. The summed E-state index contributed by atoms with van der Waals surface area (Å²) in [5.41, 5.74) is 0. The van der Waals surface area contributed by atoms with Crippen LogP contribution in [0, 0.1) is 5.92 Å². The summed E-state index contributed by atoms with van der Waals surface area (Å²) >= 11 is 5.18. The van der Waals surface area contributed by atoms with Crippen molar-refractivity contribution in [3.8, 4) is 0 Å². The molecule has 1 heterocycles. The minimum absolute atomic E-state index is 0.131. The predicted octanol–water partition coefficient (Wildman–Crippen LogP) is 3.50. The van der Waals surface area contributed by atoms with Crippen molar-refractivity contribution in [1.82, 2.24) is 5.32 Å². The number of nitrogens with one attached hydrogen (secondary N) is 1. The molecule has 1 amide bonds. The number of carbonyl (C=O) groups is 1. The lowest BCUT2D eigenvalue weighted by Crippen LogP contribution is -2.43. The molecule has 2 atom stereocenters. The lowest BCUT2D eigenvalue weighted by molar-refractivity contribution is -0.122. The van der Waals surface area contributed by atoms with Gasteiger partial charge in [0.15, 0.2) is 0 Å². The Morgan fingerprint density at radius 2 is 2.20 bits per heavy atom. The summed E-state index contributed by atoms with van der Waals surface area (Å²) in [7, 11) is 0. The average Bonchev–Trinajstić information content (AvgIpc) is 2.85. The molecule has 2 rings (SSSR count). The molecule has 1 saturated carbocycles. The molecule has 112 valence electrons. The van der Waals surface area contributed by atoms with Gasteiger partial charge in [-0.3, -0.25) is 4.79 Å². The highest BCUT2D eigenvalue weighted by molar-refractivity contribution is 9.11. The van der Waals surface area contributed by atoms with Crippen LogP contribution < -0.4 is 5.32 Å². The third-order valence-corrected chi connectivity index (χ3v) is 5.63. The van der Waals surface area contributed by atoms with Gasteiger partial charge in [0.25, 0.3) is 0 Å². The number of aryl methyl sites for hydroxylation is 1. The average molecular weight is 360 g/mol. The quantitative estimate of drug-likeness (QED) is 0.816. The monoisotopic (exact) mass is 359 g/mol. The highest BCUT2D eigenvalue weighted by atomic mass is 79.9. The van der Waals surface area contributed by atoms with Gasteiger partial charge in [-0.25, -0.2) is 0 Å². The van der Waals surface area contributed by atoms with Gasteiger partial charge in [-0.1, -0.05) is 12.8 Å². The van der Waals surface area contributed by atoms with Crippen LogP contribution in [0.2, 0.25) is 0 Å². The Hall–Kier alpha value is -0.390. The second-order valence-corrected chi connectivity index (χ2v) is 8.01. The van der Waals surface area contributed by atoms with E-state index in [1.54, 1.807) is 11.3 Å². The Balaban J connectivity index is 1.69. The van der Waals surface area contributed by atoms with Gasteiger partial charge in [0, 0.05) is 29.9 Å². The molecule has 0 aromatic carbocycles. The summed E-state index contributed by atoms with van der Waals surface area (Å²) < 4.78 is 1.14. The Kier molecular flexibility index (Phi) is 6.52. The fourth-order valence-corrected chi connectivity index (χ4v) is 4.33. The van der Waals surface area contributed by atoms with Gasteiger partial charge in [-0.05, 0) is 53.7 Å². The molecule has 1 aromatic heterocycles. The zero-order valence-corrected chi connectivity index (χ0v) is 14.0. The highest BCUT2D eigenvalue weighted by Gasteiger charge is 2.25. The molecular formula is C15H22BrNO2S. The maximum atomic E-state index is 12.0. The molecule has 1 aliphatic rings. The van der Waals surface area contributed by atoms with Crippen molar-refractivity contribution in [2.75, 3.05) is 6.61 Å². The van der Waals surface area contributed by atoms with E-state index in [2.05, 4.69) is 27.3 Å². The summed E-state index contributed by atoms with van der Waals surface area (Å²) in [4.78, 5) is 13.3. The molecule has 1 fully saturated rings. The van der Waals surface area contributed by atoms with Gasteiger partial charge in [0.1, 0.15) is 0 Å². The molecule has 3 nitrogen and oxygen atoms in total. The van der Waals surface area contributed by atoms with Gasteiger partial charge in [-0.2, -0.15) is 0 Å². The van der Waals surface area contributed by atoms with Crippen LogP contribution in [0.15, 0.2) is 15.9 Å². The third kappa shape index (κ3) is 4.86. The van der Waals surface area contributed by atoms with Crippen molar-refractivity contribution in [2.24, 2.45) is 5.92 Å². The Bertz CT molecular complexity index is 435. The van der Waals surface area contributed by atoms with E-state index in [0.29, 0.717) is 6.42 Å². The van der Waals surface area contributed by atoms with Crippen LogP contribution in [0.25, 0.3) is 0 Å². The molecular weight excluding hydrogens is 338 g/mol. The highest BCUT2D eigenvalue weighted by Crippen LogP contribution is 2.25. The minimum atomic E-state index is 0.131. The van der Waals surface area contributed by atoms with Crippen LogP contribution in [-0.4, -0.2) is 23.7 Å². The number of rotatable bonds is 6. The van der Waals surface area contributed by atoms with Crippen LogP contribution in [0.3, 0.4) is 0 Å². The zero-order valence-electron chi connectivity index (χ0n) is 11.6. The standard InChI is InChI=1S/C15H22BrNO2S/c16-14-9-8-12(20-14)5-3-7-15(19)17-13-6-2-1-4-11(13)10-18/h8-9,11,13,18H,1-7,10H2,(H,17,19). The van der Waals surface area contributed by atoms with Crippen LogP contribution in [0.5, 0.6) is 0 Å². The number of aliphatic hydroxyl groups is 1. The van der Waals surface area contributed by atoms with Gasteiger partial charge >= 0.3 is 0 Å². The van der Waals surface area contributed by atoms with Crippen molar-refractivity contribution >= 4 is 33.2 Å². The van der Waals surface area contributed by atoms with Gasteiger partial charge < -0.3 is 10.4 Å². The second-order valence-electron chi connectivity index (χ2n) is 5.46. The molecule has 2 N–H and O–H groups in total. The fraction of sp³-hybridized carbons (Fsp3) is 0.667. The van der Waals surface area contributed by atoms with E-state index in [1.165, 1.54) is 11.3 Å². The first kappa shape index (κ1) is 16.0. The second kappa shape index (κ2) is 8.15. The van der Waals surface area contributed by atoms with Crippen LogP contribution in [0.4, 0.5) is 0 Å². The molecule has 2 unspecified atom stereocenters. The van der Waals surface area contributed by atoms with E-state index in [9.17, 15) is 9.90 Å². The van der Waals surface area contributed by atoms with E-state index >= 15 is 0 Å². The maximum absolute atomic E-state index is 12.0. The first-order valence-electron chi connectivity index (χ1n) is 7.33. The van der Waals surface area contributed by atoms with E-state index in [-0.39, 0.29) is 24.5 Å². The van der Waals surface area contributed by atoms with Gasteiger partial charge in [0.2, 0.25) is 5.91 Å². The third-order valence-electron chi connectivity index (χ3n) is 3.95. The largest absolute Gasteiger partial charge is 0.396 e. The Morgan fingerprint density at radius 1 is 1.40 bits per heavy atom. The number of hydrogen-bond acceptors (Lipinski definition) is 3. The van der Waals surface area contributed by atoms with Crippen LogP contribution in [-0.2, 0) is 11.2 Å². The molecule has 1 aromatic rings. The fourth-order valence-electron chi connectivity index (χ4n) is 2.80. The van der Waals surface area contributed by atoms with Crippen molar-refractivity contribution in [2.45, 2.75) is 51.0 Å². The molecule has 20 heavy (non-hydrogen) atoms. The Morgan fingerprint density at radius 3 is 2.90 bits per heavy atom. The van der Waals surface area contributed by atoms with Crippen LogP contribution in [0.1, 0.15) is 43.4 Å². The van der Waals surface area contributed by atoms with E-state index in [1.807, 2.05) is 6.07 Å². The minimum Gasteiger partial charge on any atom is -0.396 e. The summed E-state index contributed by atoms with van der Waals surface area (Å²) in [5.74, 6) is 0.381. The van der Waals surface area contributed by atoms with Crippen LogP contribution >= 0.6 is 27.3 Å². The SMILES string of the molecule is O=C(CCCc1ccc(Br)s1)NC1CCCCC1CO. The Labute approximate surface area is 132 Å². The van der Waals surface area contributed by atoms with Crippen molar-refractivity contribution in [3.63, 3.8) is 0 Å². The lowest BCUT2D eigenvalue weighted by atomic mass is 9.85. The van der Waals surface area contributed by atoms with E-state index < -0.39 is 0 Å². The van der Waals surface area contributed by atoms with E-state index in [0.717, 1.165) is 35.9 Å². The smallest absolute Gasteiger partial charge is 0.220 e. The van der Waals surface area contributed by atoms with Crippen molar-refractivity contribution in [1.29, 1.82) is 0 Å². The van der Waals surface area contributed by atoms with E-state index in [4.69, 9.17) is 0 Å². The lowest BCUT2D eigenvalue weighted by Gasteiger charge is -2.30. The molecule has 0 aliphatic heterocycles.